The second kappa shape index (κ2) is 9.16. The number of carboxylic acids is 1. The summed E-state index contributed by atoms with van der Waals surface area (Å²) >= 11 is 0. The standard InChI is InChI=1S/C23H21NO6/c1-27-9-5-6-14-7-8-18-16(10-14)17(23(25)26)13-19(24-18)15-11-20(28-2)22(30-4)21(12-15)29-3/h7-8,10-13H,9H2,1-4H3,(H,25,26). The number of nitrogens with zero attached hydrogens (tertiary/aromatic N) is 1. The molecule has 1 N–H and O–H groups in total. The number of carboxylic acid groups (broad SMARTS) is 1. The van der Waals surface area contributed by atoms with Gasteiger partial charge in [-0.15, -0.1) is 0 Å². The second-order valence-electron chi connectivity index (χ2n) is 6.24. The highest BCUT2D eigenvalue weighted by molar-refractivity contribution is 6.04. The fraction of sp³-hybridized carbons (Fsp3) is 0.217. The van der Waals surface area contributed by atoms with Gasteiger partial charge in [0.15, 0.2) is 11.5 Å². The molecule has 3 aromatic rings. The van der Waals surface area contributed by atoms with E-state index in [1.54, 1.807) is 37.4 Å². The number of carbonyl (C=O) groups is 1. The van der Waals surface area contributed by atoms with Crippen molar-refractivity contribution in [1.29, 1.82) is 0 Å². The van der Waals surface area contributed by atoms with Gasteiger partial charge in [-0.2, -0.15) is 0 Å². The van der Waals surface area contributed by atoms with E-state index in [4.69, 9.17) is 18.9 Å². The number of pyridine rings is 1. The molecule has 0 aliphatic rings. The molecule has 0 saturated heterocycles. The van der Waals surface area contributed by atoms with E-state index in [0.717, 1.165) is 0 Å². The van der Waals surface area contributed by atoms with E-state index in [9.17, 15) is 9.90 Å². The van der Waals surface area contributed by atoms with Crippen molar-refractivity contribution in [2.75, 3.05) is 35.0 Å². The molecule has 7 nitrogen and oxygen atoms in total. The van der Waals surface area contributed by atoms with Crippen molar-refractivity contribution in [3.8, 4) is 40.3 Å². The van der Waals surface area contributed by atoms with Crippen molar-refractivity contribution in [3.63, 3.8) is 0 Å². The van der Waals surface area contributed by atoms with Gasteiger partial charge in [-0.05, 0) is 36.4 Å². The molecule has 0 radical (unpaired) electrons. The number of rotatable bonds is 6. The van der Waals surface area contributed by atoms with E-state index >= 15 is 0 Å². The van der Waals surface area contributed by atoms with E-state index in [0.29, 0.717) is 51.6 Å². The Morgan fingerprint density at radius 2 is 1.70 bits per heavy atom. The first-order valence-corrected chi connectivity index (χ1v) is 8.98. The molecule has 7 heteroatoms. The van der Waals surface area contributed by atoms with Gasteiger partial charge in [0, 0.05) is 23.6 Å². The largest absolute Gasteiger partial charge is 0.493 e. The lowest BCUT2D eigenvalue weighted by molar-refractivity contribution is 0.0699. The van der Waals surface area contributed by atoms with Gasteiger partial charge in [-0.3, -0.25) is 0 Å². The minimum absolute atomic E-state index is 0.124. The molecule has 3 rings (SSSR count). The first-order chi connectivity index (χ1) is 14.5. The Morgan fingerprint density at radius 3 is 2.27 bits per heavy atom. The molecule has 30 heavy (non-hydrogen) atoms. The highest BCUT2D eigenvalue weighted by Gasteiger charge is 2.18. The summed E-state index contributed by atoms with van der Waals surface area (Å²) in [6.45, 7) is 0.294. The molecular weight excluding hydrogens is 386 g/mol. The quantitative estimate of drug-likeness (QED) is 0.625. The van der Waals surface area contributed by atoms with Gasteiger partial charge >= 0.3 is 5.97 Å². The fourth-order valence-corrected chi connectivity index (χ4v) is 3.07. The summed E-state index contributed by atoms with van der Waals surface area (Å²) in [5, 5.41) is 10.3. The summed E-state index contributed by atoms with van der Waals surface area (Å²) in [6.07, 6.45) is 0. The van der Waals surface area contributed by atoms with Crippen LogP contribution in [-0.4, -0.2) is 51.1 Å². The van der Waals surface area contributed by atoms with Crippen LogP contribution in [0.3, 0.4) is 0 Å². The number of hydrogen-bond donors (Lipinski definition) is 1. The summed E-state index contributed by atoms with van der Waals surface area (Å²) < 4.78 is 21.1. The van der Waals surface area contributed by atoms with Crippen LogP contribution in [0.15, 0.2) is 36.4 Å². The van der Waals surface area contributed by atoms with Gasteiger partial charge in [-0.25, -0.2) is 9.78 Å². The molecule has 0 fully saturated rings. The minimum Gasteiger partial charge on any atom is -0.493 e. The first-order valence-electron chi connectivity index (χ1n) is 8.98. The third-order valence-electron chi connectivity index (χ3n) is 4.45. The SMILES string of the molecule is COCC#Cc1ccc2nc(-c3cc(OC)c(OC)c(OC)c3)cc(C(=O)O)c2c1. The molecule has 0 spiro atoms. The smallest absolute Gasteiger partial charge is 0.336 e. The van der Waals surface area contributed by atoms with E-state index in [2.05, 4.69) is 16.8 Å². The van der Waals surface area contributed by atoms with E-state index in [-0.39, 0.29) is 5.56 Å². The van der Waals surface area contributed by atoms with Crippen LogP contribution in [0.4, 0.5) is 0 Å². The van der Waals surface area contributed by atoms with E-state index < -0.39 is 5.97 Å². The summed E-state index contributed by atoms with van der Waals surface area (Å²) in [5.41, 5.74) is 2.45. The first kappa shape index (κ1) is 21.0. The van der Waals surface area contributed by atoms with Gasteiger partial charge in [0.2, 0.25) is 5.75 Å². The van der Waals surface area contributed by atoms with E-state index in [1.807, 2.05) is 0 Å². The van der Waals surface area contributed by atoms with Crippen molar-refractivity contribution in [3.05, 3.63) is 47.5 Å². The number of fused-ring (bicyclic) bond motifs is 1. The fourth-order valence-electron chi connectivity index (χ4n) is 3.07. The average Bonchev–Trinajstić information content (AvgIpc) is 2.77. The maximum Gasteiger partial charge on any atom is 0.336 e. The zero-order chi connectivity index (χ0) is 21.7. The Balaban J connectivity index is 2.20. The normalized spacial score (nSPS) is 10.3. The summed E-state index contributed by atoms with van der Waals surface area (Å²) in [4.78, 5) is 16.6. The molecule has 0 unspecified atom stereocenters. The predicted octanol–water partition coefficient (Wildman–Crippen LogP) is 3.62. The second-order valence-corrected chi connectivity index (χ2v) is 6.24. The van der Waals surface area contributed by atoms with Gasteiger partial charge in [0.05, 0.1) is 38.1 Å². The molecular formula is C23H21NO6. The van der Waals surface area contributed by atoms with Gasteiger partial charge in [0.25, 0.3) is 0 Å². The van der Waals surface area contributed by atoms with Crippen molar-refractivity contribution in [2.45, 2.75) is 0 Å². The summed E-state index contributed by atoms with van der Waals surface area (Å²) in [6, 6.07) is 10.2. The lowest BCUT2D eigenvalue weighted by Crippen LogP contribution is -2.01. The van der Waals surface area contributed by atoms with Crippen LogP contribution in [0.25, 0.3) is 22.2 Å². The lowest BCUT2D eigenvalue weighted by atomic mass is 10.0. The zero-order valence-electron chi connectivity index (χ0n) is 17.1. The topological polar surface area (TPSA) is 87.1 Å². The Kier molecular flexibility index (Phi) is 6.40. The Hall–Kier alpha value is -3.76. The highest BCUT2D eigenvalue weighted by Crippen LogP contribution is 2.41. The third-order valence-corrected chi connectivity index (χ3v) is 4.45. The molecule has 0 amide bonds. The van der Waals surface area contributed by atoms with Crippen LogP contribution >= 0.6 is 0 Å². The highest BCUT2D eigenvalue weighted by atomic mass is 16.5. The van der Waals surface area contributed by atoms with Crippen LogP contribution in [0.2, 0.25) is 0 Å². The van der Waals surface area contributed by atoms with Crippen LogP contribution < -0.4 is 14.2 Å². The minimum atomic E-state index is -1.06. The Morgan fingerprint density at radius 1 is 1.00 bits per heavy atom. The van der Waals surface area contributed by atoms with E-state index in [1.165, 1.54) is 27.4 Å². The number of hydrogen-bond acceptors (Lipinski definition) is 6. The van der Waals surface area contributed by atoms with Crippen molar-refractivity contribution in [1.82, 2.24) is 4.98 Å². The number of methoxy groups -OCH3 is 4. The molecule has 0 aliphatic carbocycles. The molecule has 0 atom stereocenters. The van der Waals surface area contributed by atoms with Crippen molar-refractivity contribution in [2.24, 2.45) is 0 Å². The van der Waals surface area contributed by atoms with Crippen LogP contribution in [0.5, 0.6) is 17.2 Å². The maximum atomic E-state index is 12.0. The average molecular weight is 407 g/mol. The van der Waals surface area contributed by atoms with Gasteiger partial charge in [-0.1, -0.05) is 11.8 Å². The zero-order valence-corrected chi connectivity index (χ0v) is 17.1. The van der Waals surface area contributed by atoms with Crippen LogP contribution in [-0.2, 0) is 4.74 Å². The number of ether oxygens (including phenoxy) is 4. The number of aromatic carboxylic acids is 1. The molecule has 0 bridgehead atoms. The molecule has 1 heterocycles. The number of benzene rings is 2. The molecule has 1 aromatic heterocycles. The third kappa shape index (κ3) is 4.14. The van der Waals surface area contributed by atoms with Crippen molar-refractivity contribution >= 4 is 16.9 Å². The molecule has 0 saturated carbocycles. The maximum absolute atomic E-state index is 12.0. The lowest BCUT2D eigenvalue weighted by Gasteiger charge is -2.14. The molecule has 0 aliphatic heterocycles. The van der Waals surface area contributed by atoms with Crippen LogP contribution in [0.1, 0.15) is 15.9 Å². The van der Waals surface area contributed by atoms with Gasteiger partial charge in [0.1, 0.15) is 6.61 Å². The predicted molar refractivity (Wildman–Crippen MR) is 113 cm³/mol. The van der Waals surface area contributed by atoms with Crippen LogP contribution in [0, 0.1) is 11.8 Å². The summed E-state index contributed by atoms with van der Waals surface area (Å²) in [5.74, 6) is 6.10. The van der Waals surface area contributed by atoms with Gasteiger partial charge < -0.3 is 24.1 Å². The Bertz CT molecular complexity index is 1130. The molecule has 2 aromatic carbocycles. The molecule has 154 valence electrons. The monoisotopic (exact) mass is 407 g/mol. The Labute approximate surface area is 174 Å². The number of aromatic nitrogens is 1. The summed E-state index contributed by atoms with van der Waals surface area (Å²) in [7, 11) is 6.11. The van der Waals surface area contributed by atoms with Crippen molar-refractivity contribution < 1.29 is 28.8 Å².